The summed E-state index contributed by atoms with van der Waals surface area (Å²) < 4.78 is 34.6. The number of rotatable bonds is 5. The third kappa shape index (κ3) is 3.87. The summed E-state index contributed by atoms with van der Waals surface area (Å²) in [4.78, 5) is 4.31. The van der Waals surface area contributed by atoms with Gasteiger partial charge in [-0.3, -0.25) is 0 Å². The molecule has 1 aliphatic rings. The summed E-state index contributed by atoms with van der Waals surface area (Å²) >= 11 is 1.52. The molecule has 0 radical (unpaired) electrons. The van der Waals surface area contributed by atoms with E-state index in [0.29, 0.717) is 24.6 Å². The van der Waals surface area contributed by atoms with Crippen molar-refractivity contribution in [3.05, 3.63) is 51.7 Å². The van der Waals surface area contributed by atoms with Crippen LogP contribution in [0, 0.1) is 13.8 Å². The van der Waals surface area contributed by atoms with Gasteiger partial charge in [-0.25, -0.2) is 8.42 Å². The van der Waals surface area contributed by atoms with Crippen molar-refractivity contribution in [2.24, 2.45) is 0 Å². The average Bonchev–Trinajstić information content (AvgIpc) is 2.94. The fourth-order valence-electron chi connectivity index (χ4n) is 3.51. The minimum Gasteiger partial charge on any atom is -0.373 e. The summed E-state index contributed by atoms with van der Waals surface area (Å²) in [6.07, 6.45) is -0.212. The molecule has 2 aromatic rings. The minimum atomic E-state index is -3.59. The van der Waals surface area contributed by atoms with Crippen LogP contribution in [-0.4, -0.2) is 57.5 Å². The predicted octanol–water partition coefficient (Wildman–Crippen LogP) is 3.06. The number of likely N-dealkylation sites (N-methyl/N-ethyl adjacent to an activating group) is 1. The second kappa shape index (κ2) is 7.78. The number of hydrogen-bond acceptors (Lipinski definition) is 5. The zero-order valence-corrected chi connectivity index (χ0v) is 17.3. The second-order valence-corrected chi connectivity index (χ2v) is 10.2. The fraction of sp³-hybridized carbons (Fsp3) is 0.474. The van der Waals surface area contributed by atoms with Crippen molar-refractivity contribution in [1.29, 1.82) is 0 Å². The molecule has 1 saturated heterocycles. The van der Waals surface area contributed by atoms with Gasteiger partial charge in [0.05, 0.1) is 23.6 Å². The molecule has 0 aliphatic carbocycles. The molecule has 3 rings (SSSR count). The molecule has 0 amide bonds. The molecule has 2 heterocycles. The van der Waals surface area contributed by atoms with Gasteiger partial charge in [-0.05, 0) is 39.6 Å². The lowest BCUT2D eigenvalue weighted by Crippen LogP contribution is -2.51. The summed E-state index contributed by atoms with van der Waals surface area (Å²) in [6.45, 7) is 5.25. The molecule has 1 aromatic carbocycles. The third-order valence-corrected chi connectivity index (χ3v) is 7.68. The Hall–Kier alpha value is -1.25. The number of sulfonamides is 1. The first-order valence-corrected chi connectivity index (χ1v) is 11.0. The molecule has 5 nitrogen and oxygen atoms in total. The number of ether oxygens (including phenoxy) is 1. The lowest BCUT2D eigenvalue weighted by Gasteiger charge is -2.41. The Labute approximate surface area is 160 Å². The number of aryl methyl sites for hydroxylation is 2. The highest BCUT2D eigenvalue weighted by atomic mass is 32.2. The first-order chi connectivity index (χ1) is 12.3. The van der Waals surface area contributed by atoms with E-state index in [1.54, 1.807) is 10.4 Å². The van der Waals surface area contributed by atoms with E-state index in [-0.39, 0.29) is 12.1 Å². The smallest absolute Gasteiger partial charge is 0.244 e. The van der Waals surface area contributed by atoms with Gasteiger partial charge in [0.2, 0.25) is 10.0 Å². The molecule has 1 fully saturated rings. The summed E-state index contributed by atoms with van der Waals surface area (Å²) in [5, 5.41) is 0. The topological polar surface area (TPSA) is 49.9 Å². The maximum absolute atomic E-state index is 13.5. The lowest BCUT2D eigenvalue weighted by molar-refractivity contribution is -0.0514. The first-order valence-electron chi connectivity index (χ1n) is 8.71. The SMILES string of the molecule is Cc1cc(S(=O)(=O)N2CCO[C@@H](CN(C)C)[C@@H]2c2ccccc2)c(C)s1. The van der Waals surface area contributed by atoms with E-state index in [4.69, 9.17) is 4.74 Å². The van der Waals surface area contributed by atoms with Crippen molar-refractivity contribution in [2.75, 3.05) is 33.8 Å². The average molecular weight is 395 g/mol. The van der Waals surface area contributed by atoms with Crippen LogP contribution in [0.15, 0.2) is 41.3 Å². The number of benzene rings is 1. The molecule has 0 bridgehead atoms. The Morgan fingerprint density at radius 1 is 1.23 bits per heavy atom. The van der Waals surface area contributed by atoms with Crippen molar-refractivity contribution in [2.45, 2.75) is 30.9 Å². The van der Waals surface area contributed by atoms with Gasteiger partial charge in [0.1, 0.15) is 0 Å². The van der Waals surface area contributed by atoms with Crippen LogP contribution in [-0.2, 0) is 14.8 Å². The van der Waals surface area contributed by atoms with Crippen LogP contribution in [0.1, 0.15) is 21.4 Å². The van der Waals surface area contributed by atoms with E-state index in [2.05, 4.69) is 0 Å². The Bertz CT molecular complexity index is 847. The highest BCUT2D eigenvalue weighted by molar-refractivity contribution is 7.89. The van der Waals surface area contributed by atoms with Gasteiger partial charge in [0.25, 0.3) is 0 Å². The Morgan fingerprint density at radius 3 is 2.50 bits per heavy atom. The standard InChI is InChI=1S/C19H26N2O3S2/c1-14-12-18(15(2)25-14)26(22,23)21-10-11-24-17(13-20(3)4)19(21)16-8-6-5-7-9-16/h5-9,12,17,19H,10-11,13H2,1-4H3/t17-,19-/m0/s1. The number of thiophene rings is 1. The molecule has 0 unspecified atom stereocenters. The minimum absolute atomic E-state index is 0.212. The van der Waals surface area contributed by atoms with Crippen molar-refractivity contribution < 1.29 is 13.2 Å². The monoisotopic (exact) mass is 394 g/mol. The molecule has 7 heteroatoms. The van der Waals surface area contributed by atoms with Crippen LogP contribution >= 0.6 is 11.3 Å². The number of nitrogens with zero attached hydrogens (tertiary/aromatic N) is 2. The predicted molar refractivity (Wildman–Crippen MR) is 105 cm³/mol. The highest BCUT2D eigenvalue weighted by Gasteiger charge is 2.41. The van der Waals surface area contributed by atoms with Crippen LogP contribution < -0.4 is 0 Å². The van der Waals surface area contributed by atoms with Gasteiger partial charge in [-0.15, -0.1) is 11.3 Å². The number of hydrogen-bond donors (Lipinski definition) is 0. The molecule has 2 atom stereocenters. The zero-order chi connectivity index (χ0) is 18.9. The molecule has 1 aliphatic heterocycles. The van der Waals surface area contributed by atoms with Crippen molar-refractivity contribution in [3.8, 4) is 0 Å². The maximum atomic E-state index is 13.5. The van der Waals surface area contributed by atoms with Crippen molar-refractivity contribution >= 4 is 21.4 Å². The van der Waals surface area contributed by atoms with Crippen LogP contribution in [0.4, 0.5) is 0 Å². The Balaban J connectivity index is 2.06. The van der Waals surface area contributed by atoms with Crippen molar-refractivity contribution in [1.82, 2.24) is 9.21 Å². The summed E-state index contributed by atoms with van der Waals surface area (Å²) in [7, 11) is 0.362. The summed E-state index contributed by atoms with van der Waals surface area (Å²) in [5.74, 6) is 0. The van der Waals surface area contributed by atoms with Crippen LogP contribution in [0.25, 0.3) is 0 Å². The van der Waals surface area contributed by atoms with Gasteiger partial charge in [0, 0.05) is 22.8 Å². The van der Waals surface area contributed by atoms with Gasteiger partial charge < -0.3 is 9.64 Å². The third-order valence-electron chi connectivity index (χ3n) is 4.57. The van der Waals surface area contributed by atoms with Crippen LogP contribution in [0.5, 0.6) is 0 Å². The van der Waals surface area contributed by atoms with Crippen molar-refractivity contribution in [3.63, 3.8) is 0 Å². The summed E-state index contributed by atoms with van der Waals surface area (Å²) in [6, 6.07) is 11.2. The molecule has 0 spiro atoms. The first kappa shape index (κ1) is 19.5. The molecule has 142 valence electrons. The van der Waals surface area contributed by atoms with E-state index in [1.165, 1.54) is 11.3 Å². The molecule has 0 saturated carbocycles. The van der Waals surface area contributed by atoms with E-state index >= 15 is 0 Å². The number of morpholine rings is 1. The molecule has 26 heavy (non-hydrogen) atoms. The summed E-state index contributed by atoms with van der Waals surface area (Å²) in [5.41, 5.74) is 0.965. The second-order valence-electron chi connectivity index (χ2n) is 6.92. The largest absolute Gasteiger partial charge is 0.373 e. The van der Waals surface area contributed by atoms with E-state index in [1.807, 2.05) is 63.2 Å². The fourth-order valence-corrected chi connectivity index (χ4v) is 6.66. The van der Waals surface area contributed by atoms with E-state index < -0.39 is 10.0 Å². The quantitative estimate of drug-likeness (QED) is 0.782. The van der Waals surface area contributed by atoms with E-state index in [9.17, 15) is 8.42 Å². The highest BCUT2D eigenvalue weighted by Crippen LogP contribution is 2.37. The van der Waals surface area contributed by atoms with Gasteiger partial charge in [-0.1, -0.05) is 30.3 Å². The van der Waals surface area contributed by atoms with E-state index in [0.717, 1.165) is 15.3 Å². The normalized spacial score (nSPS) is 22.0. The van der Waals surface area contributed by atoms with Crippen LogP contribution in [0.2, 0.25) is 0 Å². The van der Waals surface area contributed by atoms with Gasteiger partial charge >= 0.3 is 0 Å². The van der Waals surface area contributed by atoms with Gasteiger partial charge in [0.15, 0.2) is 0 Å². The Morgan fingerprint density at radius 2 is 1.92 bits per heavy atom. The Kier molecular flexibility index (Phi) is 5.84. The van der Waals surface area contributed by atoms with Crippen LogP contribution in [0.3, 0.4) is 0 Å². The molecule has 1 aromatic heterocycles. The maximum Gasteiger partial charge on any atom is 0.244 e. The molecule has 0 N–H and O–H groups in total. The van der Waals surface area contributed by atoms with Gasteiger partial charge in [-0.2, -0.15) is 4.31 Å². The zero-order valence-electron chi connectivity index (χ0n) is 15.7. The lowest BCUT2D eigenvalue weighted by atomic mass is 9.99. The molecular formula is C19H26N2O3S2. The molecular weight excluding hydrogens is 368 g/mol.